The van der Waals surface area contributed by atoms with Crippen LogP contribution in [0, 0.1) is 0 Å². The highest BCUT2D eigenvalue weighted by Crippen LogP contribution is 2.38. The van der Waals surface area contributed by atoms with Crippen molar-refractivity contribution in [2.75, 3.05) is 54.7 Å². The number of hydrogen-bond acceptors (Lipinski definition) is 6. The molecular formula is C24H34N4O4. The number of benzene rings is 2. The quantitative estimate of drug-likeness (QED) is 0.456. The summed E-state index contributed by atoms with van der Waals surface area (Å²) in [4.78, 5) is 6.76. The Bertz CT molecular complexity index is 872. The van der Waals surface area contributed by atoms with E-state index in [1.807, 2.05) is 12.1 Å². The van der Waals surface area contributed by atoms with E-state index in [-0.39, 0.29) is 0 Å². The van der Waals surface area contributed by atoms with Crippen LogP contribution in [0.4, 0.5) is 0 Å². The van der Waals surface area contributed by atoms with Crippen molar-refractivity contribution in [3.05, 3.63) is 53.1 Å². The lowest BCUT2D eigenvalue weighted by atomic mass is 10.1. The maximum atomic E-state index is 5.44. The van der Waals surface area contributed by atoms with Crippen molar-refractivity contribution < 1.29 is 18.9 Å². The lowest BCUT2D eigenvalue weighted by Crippen LogP contribution is -2.36. The van der Waals surface area contributed by atoms with Crippen LogP contribution in [0.25, 0.3) is 0 Å². The largest absolute Gasteiger partial charge is 0.493 e. The van der Waals surface area contributed by atoms with Crippen LogP contribution in [-0.4, -0.2) is 65.5 Å². The molecule has 2 N–H and O–H groups in total. The monoisotopic (exact) mass is 442 g/mol. The molecule has 0 spiro atoms. The second-order valence-electron chi connectivity index (χ2n) is 7.52. The first kappa shape index (κ1) is 23.7. The molecule has 0 aliphatic carbocycles. The van der Waals surface area contributed by atoms with Crippen molar-refractivity contribution in [1.29, 1.82) is 0 Å². The summed E-state index contributed by atoms with van der Waals surface area (Å²) in [6.45, 7) is 5.80. The summed E-state index contributed by atoms with van der Waals surface area (Å²) in [5.74, 6) is 2.56. The minimum atomic E-state index is 0.563. The summed E-state index contributed by atoms with van der Waals surface area (Å²) in [5, 5.41) is 6.73. The van der Waals surface area contributed by atoms with Crippen LogP contribution in [0.1, 0.15) is 16.7 Å². The van der Waals surface area contributed by atoms with Gasteiger partial charge in [0.1, 0.15) is 0 Å². The number of methoxy groups -OCH3 is 3. The van der Waals surface area contributed by atoms with E-state index >= 15 is 0 Å². The van der Waals surface area contributed by atoms with Gasteiger partial charge in [0.05, 0.1) is 34.5 Å². The third-order valence-electron chi connectivity index (χ3n) is 5.37. The van der Waals surface area contributed by atoms with Gasteiger partial charge >= 0.3 is 0 Å². The molecule has 1 saturated heterocycles. The summed E-state index contributed by atoms with van der Waals surface area (Å²) in [6.07, 6.45) is 0. The molecule has 32 heavy (non-hydrogen) atoms. The van der Waals surface area contributed by atoms with Gasteiger partial charge in [-0.1, -0.05) is 24.3 Å². The van der Waals surface area contributed by atoms with Gasteiger partial charge in [-0.25, -0.2) is 0 Å². The first-order chi connectivity index (χ1) is 15.7. The van der Waals surface area contributed by atoms with Crippen LogP contribution < -0.4 is 24.8 Å². The van der Waals surface area contributed by atoms with Crippen molar-refractivity contribution in [3.8, 4) is 17.2 Å². The Hall–Kier alpha value is -2.97. The molecule has 174 valence electrons. The van der Waals surface area contributed by atoms with Crippen molar-refractivity contribution >= 4 is 5.96 Å². The highest BCUT2D eigenvalue weighted by atomic mass is 16.5. The molecule has 1 fully saturated rings. The molecule has 0 unspecified atom stereocenters. The Labute approximate surface area is 190 Å². The third kappa shape index (κ3) is 6.51. The second-order valence-corrected chi connectivity index (χ2v) is 7.52. The summed E-state index contributed by atoms with van der Waals surface area (Å²) < 4.78 is 21.7. The molecule has 2 aromatic carbocycles. The molecule has 8 nitrogen and oxygen atoms in total. The van der Waals surface area contributed by atoms with E-state index < -0.39 is 0 Å². The SMILES string of the molecule is CN=C(NCc1cccc(CN2CCOCC2)c1)NCc1cc(OC)c(OC)c(OC)c1. The van der Waals surface area contributed by atoms with Gasteiger partial charge in [0, 0.05) is 39.8 Å². The predicted molar refractivity (Wildman–Crippen MR) is 126 cm³/mol. The van der Waals surface area contributed by atoms with Crippen LogP contribution in [-0.2, 0) is 24.4 Å². The average molecular weight is 443 g/mol. The number of morpholine rings is 1. The Morgan fingerprint density at radius 1 is 0.906 bits per heavy atom. The molecule has 0 amide bonds. The van der Waals surface area contributed by atoms with Crippen molar-refractivity contribution in [2.45, 2.75) is 19.6 Å². The van der Waals surface area contributed by atoms with E-state index in [0.717, 1.165) is 44.4 Å². The summed E-state index contributed by atoms with van der Waals surface area (Å²) in [7, 11) is 6.59. The molecular weight excluding hydrogens is 408 g/mol. The number of nitrogens with zero attached hydrogens (tertiary/aromatic N) is 2. The van der Waals surface area contributed by atoms with Gasteiger partial charge < -0.3 is 29.6 Å². The topological polar surface area (TPSA) is 76.6 Å². The maximum absolute atomic E-state index is 5.44. The number of ether oxygens (including phenoxy) is 4. The maximum Gasteiger partial charge on any atom is 0.203 e. The van der Waals surface area contributed by atoms with Gasteiger partial charge in [-0.15, -0.1) is 0 Å². The van der Waals surface area contributed by atoms with Crippen LogP contribution in [0.5, 0.6) is 17.2 Å². The molecule has 3 rings (SSSR count). The molecule has 0 atom stereocenters. The Balaban J connectivity index is 1.56. The molecule has 8 heteroatoms. The first-order valence-electron chi connectivity index (χ1n) is 10.8. The zero-order chi connectivity index (χ0) is 22.8. The van der Waals surface area contributed by atoms with Crippen LogP contribution in [0.15, 0.2) is 41.4 Å². The molecule has 0 aromatic heterocycles. The van der Waals surface area contributed by atoms with Crippen LogP contribution in [0.2, 0.25) is 0 Å². The van der Waals surface area contributed by atoms with Crippen LogP contribution in [0.3, 0.4) is 0 Å². The second kappa shape index (κ2) is 12.2. The highest BCUT2D eigenvalue weighted by Gasteiger charge is 2.14. The number of nitrogens with one attached hydrogen (secondary N) is 2. The Morgan fingerprint density at radius 2 is 1.53 bits per heavy atom. The van der Waals surface area contributed by atoms with Gasteiger partial charge in [-0.3, -0.25) is 9.89 Å². The fourth-order valence-corrected chi connectivity index (χ4v) is 3.69. The zero-order valence-electron chi connectivity index (χ0n) is 19.4. The summed E-state index contributed by atoms with van der Waals surface area (Å²) >= 11 is 0. The lowest BCUT2D eigenvalue weighted by molar-refractivity contribution is 0.0342. The number of aliphatic imine (C=N–C) groups is 1. The van der Waals surface area contributed by atoms with Crippen molar-refractivity contribution in [3.63, 3.8) is 0 Å². The summed E-state index contributed by atoms with van der Waals surface area (Å²) in [5.41, 5.74) is 3.52. The van der Waals surface area contributed by atoms with E-state index in [2.05, 4.69) is 44.8 Å². The third-order valence-corrected chi connectivity index (χ3v) is 5.37. The lowest BCUT2D eigenvalue weighted by Gasteiger charge is -2.26. The molecule has 1 heterocycles. The minimum Gasteiger partial charge on any atom is -0.493 e. The van der Waals surface area contributed by atoms with E-state index in [4.69, 9.17) is 18.9 Å². The van der Waals surface area contributed by atoms with E-state index in [9.17, 15) is 0 Å². The van der Waals surface area contributed by atoms with Gasteiger partial charge in [0.2, 0.25) is 5.75 Å². The van der Waals surface area contributed by atoms with Crippen molar-refractivity contribution in [1.82, 2.24) is 15.5 Å². The first-order valence-corrected chi connectivity index (χ1v) is 10.8. The van der Waals surface area contributed by atoms with Crippen LogP contribution >= 0.6 is 0 Å². The van der Waals surface area contributed by atoms with E-state index in [0.29, 0.717) is 30.3 Å². The van der Waals surface area contributed by atoms with Crippen molar-refractivity contribution in [2.24, 2.45) is 4.99 Å². The molecule has 0 radical (unpaired) electrons. The normalized spacial score (nSPS) is 14.7. The van der Waals surface area contributed by atoms with Gasteiger partial charge in [-0.05, 0) is 28.8 Å². The highest BCUT2D eigenvalue weighted by molar-refractivity contribution is 5.79. The fourth-order valence-electron chi connectivity index (χ4n) is 3.69. The van der Waals surface area contributed by atoms with Gasteiger partial charge in [0.15, 0.2) is 17.5 Å². The summed E-state index contributed by atoms with van der Waals surface area (Å²) in [6, 6.07) is 12.5. The Morgan fingerprint density at radius 3 is 2.12 bits per heavy atom. The average Bonchev–Trinajstić information content (AvgIpc) is 2.84. The minimum absolute atomic E-state index is 0.563. The zero-order valence-corrected chi connectivity index (χ0v) is 19.4. The van der Waals surface area contributed by atoms with Gasteiger partial charge in [0.25, 0.3) is 0 Å². The molecule has 1 aliphatic heterocycles. The molecule has 1 aliphatic rings. The smallest absolute Gasteiger partial charge is 0.203 e. The number of rotatable bonds is 9. The fraction of sp³-hybridized carbons (Fsp3) is 0.458. The Kier molecular flexibility index (Phi) is 9.01. The molecule has 0 saturated carbocycles. The van der Waals surface area contributed by atoms with Gasteiger partial charge in [-0.2, -0.15) is 0 Å². The molecule has 2 aromatic rings. The standard InChI is InChI=1S/C24H34N4O4/c1-25-24(27-16-20-13-21(29-2)23(31-4)22(14-20)30-3)26-15-18-6-5-7-19(12-18)17-28-8-10-32-11-9-28/h5-7,12-14H,8-11,15-17H2,1-4H3,(H2,25,26,27). The number of hydrogen-bond donors (Lipinski definition) is 2. The van der Waals surface area contributed by atoms with E-state index in [1.54, 1.807) is 28.4 Å². The predicted octanol–water partition coefficient (Wildman–Crippen LogP) is 2.41. The van der Waals surface area contributed by atoms with E-state index in [1.165, 1.54) is 11.1 Å². The molecule has 0 bridgehead atoms. The number of guanidine groups is 1.